The van der Waals surface area contributed by atoms with E-state index in [2.05, 4.69) is 32.5 Å². The van der Waals surface area contributed by atoms with E-state index in [4.69, 9.17) is 14.2 Å². The molecule has 2 atom stereocenters. The number of nitrogens with one attached hydrogen (secondary N) is 1. The van der Waals surface area contributed by atoms with Crippen LogP contribution in [-0.2, 0) is 11.3 Å². The number of aromatic nitrogens is 3. The molecule has 31 heavy (non-hydrogen) atoms. The minimum Gasteiger partial charge on any atom is -0.371 e. The van der Waals surface area contributed by atoms with E-state index < -0.39 is 0 Å². The third-order valence-corrected chi connectivity index (χ3v) is 6.96. The summed E-state index contributed by atoms with van der Waals surface area (Å²) >= 11 is 1.67. The highest BCUT2D eigenvalue weighted by Crippen LogP contribution is 2.38. The van der Waals surface area contributed by atoms with Gasteiger partial charge in [-0.1, -0.05) is 16.5 Å². The Morgan fingerprint density at radius 3 is 2.52 bits per heavy atom. The topological polar surface area (TPSA) is 93.4 Å². The first-order valence-electron chi connectivity index (χ1n) is 10.5. The molecule has 0 saturated carbocycles. The second-order valence-electron chi connectivity index (χ2n) is 8.27. The Kier molecular flexibility index (Phi) is 5.23. The van der Waals surface area contributed by atoms with E-state index >= 15 is 0 Å². The average Bonchev–Trinajstić information content (AvgIpc) is 3.44. The van der Waals surface area contributed by atoms with E-state index in [1.807, 2.05) is 13.8 Å². The van der Waals surface area contributed by atoms with Gasteiger partial charge in [0.15, 0.2) is 5.13 Å². The van der Waals surface area contributed by atoms with Crippen molar-refractivity contribution in [3.05, 3.63) is 46.7 Å². The van der Waals surface area contributed by atoms with E-state index in [9.17, 15) is 4.79 Å². The van der Waals surface area contributed by atoms with Crippen molar-refractivity contribution in [1.82, 2.24) is 20.4 Å². The van der Waals surface area contributed by atoms with Gasteiger partial charge in [-0.3, -0.25) is 9.78 Å². The van der Waals surface area contributed by atoms with Crippen molar-refractivity contribution in [2.24, 2.45) is 0 Å². The van der Waals surface area contributed by atoms with Gasteiger partial charge < -0.3 is 19.5 Å². The van der Waals surface area contributed by atoms with Crippen molar-refractivity contribution >= 4 is 22.4 Å². The number of hydrogen-bond donors (Lipinski definition) is 1. The number of fused-ring (bicyclic) bond motifs is 2. The molecular formula is C22H25N5O3S. The molecule has 5 heterocycles. The standard InChI is InChI=1S/C22H25N5O3S/c1-12-6-15(7-13(2)24-12)20-19(8-23-21(28)18-11-29-26-14(18)3)25-22(31-20)27-9-16-4-5-17(10-27)30-16/h6-7,11,16-17H,4-5,8-10H2,1-3H3,(H,23,28). The molecule has 3 aromatic rings. The van der Waals surface area contributed by atoms with Crippen LogP contribution in [0.15, 0.2) is 22.9 Å². The fraction of sp³-hybridized carbons (Fsp3) is 0.455. The minimum absolute atomic E-state index is 0.217. The number of nitrogens with zero attached hydrogens (tertiary/aromatic N) is 4. The highest BCUT2D eigenvalue weighted by molar-refractivity contribution is 7.19. The van der Waals surface area contributed by atoms with Gasteiger partial charge in [-0.25, -0.2) is 4.98 Å². The van der Waals surface area contributed by atoms with E-state index in [0.29, 0.717) is 17.8 Å². The lowest BCUT2D eigenvalue weighted by Crippen LogP contribution is -2.42. The van der Waals surface area contributed by atoms with Gasteiger partial charge in [-0.15, -0.1) is 0 Å². The molecule has 2 saturated heterocycles. The van der Waals surface area contributed by atoms with Crippen molar-refractivity contribution in [1.29, 1.82) is 0 Å². The number of pyridine rings is 1. The van der Waals surface area contributed by atoms with Crippen LogP contribution in [0, 0.1) is 20.8 Å². The largest absolute Gasteiger partial charge is 0.371 e. The number of anilines is 1. The summed E-state index contributed by atoms with van der Waals surface area (Å²) in [4.78, 5) is 25.4. The van der Waals surface area contributed by atoms with Gasteiger partial charge in [0.2, 0.25) is 0 Å². The number of aryl methyl sites for hydroxylation is 3. The first-order valence-corrected chi connectivity index (χ1v) is 11.3. The van der Waals surface area contributed by atoms with Gasteiger partial charge in [-0.05, 0) is 51.3 Å². The van der Waals surface area contributed by atoms with Crippen molar-refractivity contribution in [2.45, 2.75) is 52.4 Å². The summed E-state index contributed by atoms with van der Waals surface area (Å²) in [6.45, 7) is 7.79. The number of ether oxygens (including phenoxy) is 1. The summed E-state index contributed by atoms with van der Waals surface area (Å²) in [7, 11) is 0. The molecule has 1 amide bonds. The van der Waals surface area contributed by atoms with Gasteiger partial charge in [0.05, 0.1) is 35.0 Å². The molecule has 2 aliphatic rings. The highest BCUT2D eigenvalue weighted by atomic mass is 32.1. The lowest BCUT2D eigenvalue weighted by Gasteiger charge is -2.31. The Morgan fingerprint density at radius 1 is 1.16 bits per heavy atom. The Hall–Kier alpha value is -2.78. The highest BCUT2D eigenvalue weighted by Gasteiger charge is 2.35. The fourth-order valence-electron chi connectivity index (χ4n) is 4.33. The smallest absolute Gasteiger partial charge is 0.256 e. The van der Waals surface area contributed by atoms with E-state index in [1.165, 1.54) is 6.26 Å². The maximum Gasteiger partial charge on any atom is 0.256 e. The van der Waals surface area contributed by atoms with Gasteiger partial charge in [0.25, 0.3) is 5.91 Å². The van der Waals surface area contributed by atoms with E-state index in [-0.39, 0.29) is 18.1 Å². The molecular weight excluding hydrogens is 414 g/mol. The third kappa shape index (κ3) is 4.07. The van der Waals surface area contributed by atoms with Crippen LogP contribution in [0.3, 0.4) is 0 Å². The molecule has 0 aromatic carbocycles. The van der Waals surface area contributed by atoms with Gasteiger partial charge >= 0.3 is 0 Å². The first-order chi connectivity index (χ1) is 15.0. The molecule has 2 bridgehead atoms. The van der Waals surface area contributed by atoms with Crippen molar-refractivity contribution in [3.8, 4) is 10.4 Å². The van der Waals surface area contributed by atoms with Crippen LogP contribution < -0.4 is 10.2 Å². The molecule has 2 unspecified atom stereocenters. The van der Waals surface area contributed by atoms with Crippen LogP contribution in [0.4, 0.5) is 5.13 Å². The van der Waals surface area contributed by atoms with Crippen molar-refractivity contribution in [3.63, 3.8) is 0 Å². The Morgan fingerprint density at radius 2 is 1.87 bits per heavy atom. The molecule has 2 fully saturated rings. The number of rotatable bonds is 5. The summed E-state index contributed by atoms with van der Waals surface area (Å²) in [5.41, 5.74) is 4.87. The van der Waals surface area contributed by atoms with Gasteiger partial charge in [-0.2, -0.15) is 0 Å². The van der Waals surface area contributed by atoms with Crippen LogP contribution in [0.25, 0.3) is 10.4 Å². The Balaban J connectivity index is 1.45. The van der Waals surface area contributed by atoms with Gasteiger partial charge in [0, 0.05) is 24.5 Å². The molecule has 162 valence electrons. The van der Waals surface area contributed by atoms with Crippen LogP contribution in [-0.4, -0.2) is 46.3 Å². The van der Waals surface area contributed by atoms with E-state index in [1.54, 1.807) is 18.3 Å². The molecule has 5 rings (SSSR count). The zero-order valence-electron chi connectivity index (χ0n) is 17.8. The lowest BCUT2D eigenvalue weighted by molar-refractivity contribution is 0.0305. The van der Waals surface area contributed by atoms with Crippen LogP contribution in [0.1, 0.15) is 46.0 Å². The Labute approximate surface area is 184 Å². The lowest BCUT2D eigenvalue weighted by atomic mass is 10.1. The van der Waals surface area contributed by atoms with Crippen molar-refractivity contribution in [2.75, 3.05) is 18.0 Å². The molecule has 8 nitrogen and oxygen atoms in total. The number of morpholine rings is 1. The normalized spacial score (nSPS) is 20.3. The fourth-order valence-corrected chi connectivity index (χ4v) is 5.41. The number of amides is 1. The molecule has 2 aliphatic heterocycles. The summed E-state index contributed by atoms with van der Waals surface area (Å²) in [6, 6.07) is 4.14. The monoisotopic (exact) mass is 439 g/mol. The number of carbonyl (C=O) groups is 1. The van der Waals surface area contributed by atoms with Crippen LogP contribution >= 0.6 is 11.3 Å². The number of thiazole rings is 1. The molecule has 0 radical (unpaired) electrons. The maximum absolute atomic E-state index is 12.6. The zero-order chi connectivity index (χ0) is 21.5. The van der Waals surface area contributed by atoms with Gasteiger partial charge in [0.1, 0.15) is 11.8 Å². The van der Waals surface area contributed by atoms with Crippen LogP contribution in [0.5, 0.6) is 0 Å². The maximum atomic E-state index is 12.6. The predicted octanol–water partition coefficient (Wildman–Crippen LogP) is 3.42. The quantitative estimate of drug-likeness (QED) is 0.651. The molecule has 3 aromatic heterocycles. The average molecular weight is 440 g/mol. The molecule has 9 heteroatoms. The third-order valence-electron chi connectivity index (χ3n) is 5.75. The predicted molar refractivity (Wildman–Crippen MR) is 117 cm³/mol. The second-order valence-corrected chi connectivity index (χ2v) is 9.25. The SMILES string of the molecule is Cc1cc(-c2sc(N3CC4CCC(C3)O4)nc2CNC(=O)c2conc2C)cc(C)n1. The summed E-state index contributed by atoms with van der Waals surface area (Å²) < 4.78 is 10.9. The second kappa shape index (κ2) is 8.05. The number of carbonyl (C=O) groups excluding carboxylic acids is 1. The molecule has 0 aliphatic carbocycles. The zero-order valence-corrected chi connectivity index (χ0v) is 18.7. The van der Waals surface area contributed by atoms with Crippen molar-refractivity contribution < 1.29 is 14.1 Å². The summed E-state index contributed by atoms with van der Waals surface area (Å²) in [6.07, 6.45) is 4.18. The minimum atomic E-state index is -0.217. The molecule has 1 N–H and O–H groups in total. The summed E-state index contributed by atoms with van der Waals surface area (Å²) in [5.74, 6) is -0.217. The number of hydrogen-bond acceptors (Lipinski definition) is 8. The van der Waals surface area contributed by atoms with E-state index in [0.717, 1.165) is 58.6 Å². The Bertz CT molecular complexity index is 1090. The molecule has 0 spiro atoms. The first kappa shape index (κ1) is 20.1. The van der Waals surface area contributed by atoms with Crippen LogP contribution in [0.2, 0.25) is 0 Å². The summed E-state index contributed by atoms with van der Waals surface area (Å²) in [5, 5.41) is 7.74.